The summed E-state index contributed by atoms with van der Waals surface area (Å²) in [7, 11) is 0. The summed E-state index contributed by atoms with van der Waals surface area (Å²) < 4.78 is 0. The Labute approximate surface area is 77.1 Å². The topological polar surface area (TPSA) is 0 Å². The monoisotopic (exact) mass is 166 g/mol. The molecule has 0 spiro atoms. The van der Waals surface area contributed by atoms with Crippen molar-refractivity contribution in [2.45, 2.75) is 58.3 Å². The van der Waals surface area contributed by atoms with Crippen LogP contribution in [-0.4, -0.2) is 0 Å². The Morgan fingerprint density at radius 1 is 0.917 bits per heavy atom. The van der Waals surface area contributed by atoms with Gasteiger partial charge in [-0.15, -0.1) is 0 Å². The fourth-order valence-corrected chi connectivity index (χ4v) is 1.85. The van der Waals surface area contributed by atoms with E-state index >= 15 is 0 Å². The molecule has 70 valence electrons. The molecule has 1 atom stereocenters. The number of allylic oxidation sites excluding steroid dienone is 2. The van der Waals surface area contributed by atoms with Gasteiger partial charge < -0.3 is 0 Å². The highest BCUT2D eigenvalue weighted by molar-refractivity contribution is 4.83. The number of hydrogen-bond acceptors (Lipinski definition) is 0. The Bertz CT molecular complexity index is 124. The molecule has 0 saturated carbocycles. The van der Waals surface area contributed by atoms with Crippen LogP contribution in [0.15, 0.2) is 12.2 Å². The zero-order chi connectivity index (χ0) is 8.65. The maximum Gasteiger partial charge on any atom is -0.0325 e. The van der Waals surface area contributed by atoms with E-state index in [4.69, 9.17) is 0 Å². The fraction of sp³-hybridized carbons (Fsp3) is 0.833. The van der Waals surface area contributed by atoms with E-state index in [0.29, 0.717) is 0 Å². The van der Waals surface area contributed by atoms with Gasteiger partial charge in [-0.05, 0) is 25.2 Å². The van der Waals surface area contributed by atoms with Crippen LogP contribution in [0.3, 0.4) is 0 Å². The predicted molar refractivity (Wildman–Crippen MR) is 55.2 cm³/mol. The average molecular weight is 166 g/mol. The lowest BCUT2D eigenvalue weighted by atomic mass is 10.00. The van der Waals surface area contributed by atoms with Crippen LogP contribution in [-0.2, 0) is 0 Å². The Kier molecular flexibility index (Phi) is 5.14. The van der Waals surface area contributed by atoms with E-state index in [9.17, 15) is 0 Å². The van der Waals surface area contributed by atoms with Gasteiger partial charge in [0.1, 0.15) is 0 Å². The van der Waals surface area contributed by atoms with Crippen LogP contribution < -0.4 is 0 Å². The van der Waals surface area contributed by atoms with Gasteiger partial charge in [0.25, 0.3) is 0 Å². The second-order valence-electron chi connectivity index (χ2n) is 4.16. The van der Waals surface area contributed by atoms with Gasteiger partial charge in [0.05, 0.1) is 0 Å². The molecule has 0 aromatic rings. The van der Waals surface area contributed by atoms with Gasteiger partial charge in [-0.25, -0.2) is 0 Å². The van der Waals surface area contributed by atoms with Crippen LogP contribution in [0.1, 0.15) is 58.3 Å². The first-order valence-electron chi connectivity index (χ1n) is 5.54. The molecule has 0 aliphatic heterocycles. The lowest BCUT2D eigenvalue weighted by Gasteiger charge is -2.06. The van der Waals surface area contributed by atoms with Crippen molar-refractivity contribution in [2.24, 2.45) is 5.92 Å². The second kappa shape index (κ2) is 6.28. The van der Waals surface area contributed by atoms with E-state index in [1.807, 2.05) is 0 Å². The van der Waals surface area contributed by atoms with Crippen molar-refractivity contribution >= 4 is 0 Å². The van der Waals surface area contributed by atoms with Crippen LogP contribution >= 0.6 is 0 Å². The van der Waals surface area contributed by atoms with E-state index in [-0.39, 0.29) is 0 Å². The maximum atomic E-state index is 2.38. The molecule has 1 aliphatic carbocycles. The lowest BCUT2D eigenvalue weighted by Crippen LogP contribution is -1.91. The summed E-state index contributed by atoms with van der Waals surface area (Å²) in [5.74, 6) is 0.916. The first kappa shape index (κ1) is 9.83. The maximum absolute atomic E-state index is 2.38. The molecule has 1 aliphatic rings. The minimum atomic E-state index is 0.916. The van der Waals surface area contributed by atoms with E-state index in [1.165, 1.54) is 51.4 Å². The van der Waals surface area contributed by atoms with Gasteiger partial charge in [-0.2, -0.15) is 0 Å². The summed E-state index contributed by atoms with van der Waals surface area (Å²) in [6.07, 6.45) is 16.0. The highest BCUT2D eigenvalue weighted by atomic mass is 14.1. The van der Waals surface area contributed by atoms with Crippen molar-refractivity contribution in [1.29, 1.82) is 0 Å². The van der Waals surface area contributed by atoms with Gasteiger partial charge in [-0.1, -0.05) is 51.2 Å². The molecule has 1 unspecified atom stereocenters. The summed E-state index contributed by atoms with van der Waals surface area (Å²) in [6, 6.07) is 0. The smallest absolute Gasteiger partial charge is 0.0325 e. The summed E-state index contributed by atoms with van der Waals surface area (Å²) in [4.78, 5) is 0. The summed E-state index contributed by atoms with van der Waals surface area (Å²) >= 11 is 0. The van der Waals surface area contributed by atoms with Crippen LogP contribution in [0.4, 0.5) is 0 Å². The van der Waals surface area contributed by atoms with E-state index in [0.717, 1.165) is 5.92 Å². The summed E-state index contributed by atoms with van der Waals surface area (Å²) in [5.41, 5.74) is 0. The first-order valence-corrected chi connectivity index (χ1v) is 5.54. The largest absolute Gasteiger partial charge is 0.0885 e. The third kappa shape index (κ3) is 4.58. The third-order valence-electron chi connectivity index (χ3n) is 2.77. The quantitative estimate of drug-likeness (QED) is 0.470. The minimum absolute atomic E-state index is 0.916. The molecule has 0 radical (unpaired) electrons. The molecule has 0 fully saturated rings. The van der Waals surface area contributed by atoms with Crippen molar-refractivity contribution in [3.05, 3.63) is 12.2 Å². The van der Waals surface area contributed by atoms with E-state index in [1.54, 1.807) is 0 Å². The number of rotatable bonds is 0. The molecule has 0 bridgehead atoms. The molecule has 0 nitrogen and oxygen atoms in total. The Morgan fingerprint density at radius 3 is 2.58 bits per heavy atom. The highest BCUT2D eigenvalue weighted by Gasteiger charge is 2.00. The van der Waals surface area contributed by atoms with Gasteiger partial charge in [-0.3, -0.25) is 0 Å². The average Bonchev–Trinajstić information content (AvgIpc) is 2.11. The zero-order valence-electron chi connectivity index (χ0n) is 8.39. The van der Waals surface area contributed by atoms with Gasteiger partial charge in [0, 0.05) is 0 Å². The second-order valence-corrected chi connectivity index (χ2v) is 4.16. The minimum Gasteiger partial charge on any atom is -0.0885 e. The van der Waals surface area contributed by atoms with Crippen molar-refractivity contribution in [3.8, 4) is 0 Å². The first-order chi connectivity index (χ1) is 5.89. The van der Waals surface area contributed by atoms with Crippen LogP contribution in [0, 0.1) is 5.92 Å². The van der Waals surface area contributed by atoms with E-state index in [2.05, 4.69) is 19.1 Å². The zero-order valence-corrected chi connectivity index (χ0v) is 8.39. The molecule has 0 saturated heterocycles. The Hall–Kier alpha value is -0.260. The highest BCUT2D eigenvalue weighted by Crippen LogP contribution is 2.16. The molecule has 0 aromatic carbocycles. The molecule has 0 amide bonds. The normalized spacial score (nSPS) is 30.6. The van der Waals surface area contributed by atoms with Crippen molar-refractivity contribution in [3.63, 3.8) is 0 Å². The van der Waals surface area contributed by atoms with Gasteiger partial charge >= 0.3 is 0 Å². The fourth-order valence-electron chi connectivity index (χ4n) is 1.85. The van der Waals surface area contributed by atoms with Gasteiger partial charge in [0.2, 0.25) is 0 Å². The standard InChI is InChI=1S/C12H22/c1-12-10-8-6-4-2-3-5-7-9-11-12/h6,8,12H,2-5,7,9-11H2,1H3/b8-6-. The molecule has 0 aromatic heterocycles. The predicted octanol–water partition coefficient (Wildman–Crippen LogP) is 4.31. The van der Waals surface area contributed by atoms with Crippen LogP contribution in [0.2, 0.25) is 0 Å². The van der Waals surface area contributed by atoms with Crippen molar-refractivity contribution in [1.82, 2.24) is 0 Å². The SMILES string of the molecule is CC1C/C=C\CCCCCCC1. The molecule has 0 N–H and O–H groups in total. The molecule has 0 heterocycles. The molecule has 1 rings (SSSR count). The van der Waals surface area contributed by atoms with Crippen molar-refractivity contribution in [2.75, 3.05) is 0 Å². The lowest BCUT2D eigenvalue weighted by molar-refractivity contribution is 0.492. The summed E-state index contributed by atoms with van der Waals surface area (Å²) in [6.45, 7) is 2.38. The van der Waals surface area contributed by atoms with Crippen LogP contribution in [0.5, 0.6) is 0 Å². The van der Waals surface area contributed by atoms with Gasteiger partial charge in [0.15, 0.2) is 0 Å². The van der Waals surface area contributed by atoms with Crippen molar-refractivity contribution < 1.29 is 0 Å². The molecule has 12 heavy (non-hydrogen) atoms. The number of hydrogen-bond donors (Lipinski definition) is 0. The molecule has 0 heteroatoms. The van der Waals surface area contributed by atoms with Crippen LogP contribution in [0.25, 0.3) is 0 Å². The molecular weight excluding hydrogens is 144 g/mol. The van der Waals surface area contributed by atoms with E-state index < -0.39 is 0 Å². The Morgan fingerprint density at radius 2 is 1.67 bits per heavy atom. The summed E-state index contributed by atoms with van der Waals surface area (Å²) in [5, 5.41) is 0. The molecular formula is C12H22. The Balaban J connectivity index is 2.23. The third-order valence-corrected chi connectivity index (χ3v) is 2.77.